The molecule has 110 valence electrons. The minimum atomic E-state index is -0.467. The molecule has 3 nitrogen and oxygen atoms in total. The van der Waals surface area contributed by atoms with Gasteiger partial charge in [0.05, 0.1) is 18.3 Å². The molecule has 1 N–H and O–H groups in total. The second-order valence-electron chi connectivity index (χ2n) is 6.43. The topological polar surface area (TPSA) is 38.7 Å². The predicted molar refractivity (Wildman–Crippen MR) is 77.9 cm³/mol. The van der Waals surface area contributed by atoms with Crippen molar-refractivity contribution in [1.29, 1.82) is 0 Å². The lowest BCUT2D eigenvalue weighted by atomic mass is 9.82. The highest BCUT2D eigenvalue weighted by molar-refractivity contribution is 5.41. The number of aliphatic hydroxyl groups is 1. The monoisotopic (exact) mass is 276 g/mol. The maximum atomic E-state index is 10.8. The molecule has 1 fully saturated rings. The molecule has 3 heteroatoms. The van der Waals surface area contributed by atoms with Gasteiger partial charge in [-0.15, -0.1) is 0 Å². The Morgan fingerprint density at radius 1 is 1.15 bits per heavy atom. The molecule has 6 atom stereocenters. The molecule has 1 saturated heterocycles. The van der Waals surface area contributed by atoms with Crippen LogP contribution >= 0.6 is 0 Å². The van der Waals surface area contributed by atoms with Gasteiger partial charge in [-0.2, -0.15) is 0 Å². The van der Waals surface area contributed by atoms with E-state index in [4.69, 9.17) is 9.47 Å². The zero-order valence-electron chi connectivity index (χ0n) is 12.7. The predicted octanol–water partition coefficient (Wildman–Crippen LogP) is 3.10. The van der Waals surface area contributed by atoms with Crippen LogP contribution in [-0.4, -0.2) is 23.4 Å². The third-order valence-electron chi connectivity index (χ3n) is 4.95. The van der Waals surface area contributed by atoms with Gasteiger partial charge in [0, 0.05) is 12.3 Å². The molecule has 6 unspecified atom stereocenters. The van der Waals surface area contributed by atoms with Crippen LogP contribution in [0.3, 0.4) is 0 Å². The van der Waals surface area contributed by atoms with Crippen molar-refractivity contribution in [3.63, 3.8) is 0 Å². The fraction of sp³-hybridized carbons (Fsp3) is 0.647. The summed E-state index contributed by atoms with van der Waals surface area (Å²) in [6.07, 6.45) is 1.01. The van der Waals surface area contributed by atoms with Crippen LogP contribution in [0.2, 0.25) is 0 Å². The molecule has 2 aliphatic rings. The number of rotatable bonds is 2. The second kappa shape index (κ2) is 5.05. The highest BCUT2D eigenvalue weighted by atomic mass is 16.5. The average molecular weight is 276 g/mol. The number of aliphatic hydroxyl groups excluding tert-OH is 1. The molecular formula is C17H24O3. The normalized spacial score (nSPS) is 37.5. The molecule has 1 aromatic carbocycles. The van der Waals surface area contributed by atoms with E-state index in [0.29, 0.717) is 5.92 Å². The number of hydrogen-bond donors (Lipinski definition) is 1. The van der Waals surface area contributed by atoms with Gasteiger partial charge in [-0.05, 0) is 49.9 Å². The Bertz CT molecular complexity index is 499. The fourth-order valence-corrected chi connectivity index (χ4v) is 3.69. The minimum Gasteiger partial charge on any atom is -0.490 e. The average Bonchev–Trinajstić information content (AvgIpc) is 2.87. The molecule has 0 spiro atoms. The first kappa shape index (κ1) is 13.9. The van der Waals surface area contributed by atoms with E-state index in [9.17, 15) is 5.11 Å². The van der Waals surface area contributed by atoms with Gasteiger partial charge in [0.2, 0.25) is 0 Å². The summed E-state index contributed by atoms with van der Waals surface area (Å²) in [6, 6.07) is 6.09. The van der Waals surface area contributed by atoms with Crippen LogP contribution in [0.4, 0.5) is 0 Å². The van der Waals surface area contributed by atoms with Gasteiger partial charge < -0.3 is 14.6 Å². The molecule has 0 aromatic heterocycles. The van der Waals surface area contributed by atoms with E-state index in [0.717, 1.165) is 17.7 Å². The highest BCUT2D eigenvalue weighted by Gasteiger charge is 2.41. The summed E-state index contributed by atoms with van der Waals surface area (Å²) in [5.41, 5.74) is 2.20. The Labute approximate surface area is 120 Å². The van der Waals surface area contributed by atoms with Gasteiger partial charge in [0.1, 0.15) is 11.9 Å². The van der Waals surface area contributed by atoms with Crippen LogP contribution in [0.25, 0.3) is 0 Å². The highest BCUT2D eigenvalue weighted by Crippen LogP contribution is 2.41. The van der Waals surface area contributed by atoms with Crippen molar-refractivity contribution in [3.8, 4) is 5.75 Å². The van der Waals surface area contributed by atoms with Crippen LogP contribution in [-0.2, 0) is 11.2 Å². The SMILES string of the molecule is CC1Cc2cc(C(O)C3C(C)OC(C)C3C)ccc2O1. The van der Waals surface area contributed by atoms with Gasteiger partial charge in [-0.3, -0.25) is 0 Å². The van der Waals surface area contributed by atoms with E-state index in [2.05, 4.69) is 33.8 Å². The van der Waals surface area contributed by atoms with E-state index in [-0.39, 0.29) is 24.2 Å². The first-order valence-corrected chi connectivity index (χ1v) is 7.60. The summed E-state index contributed by atoms with van der Waals surface area (Å²) in [5, 5.41) is 10.8. The molecule has 0 saturated carbocycles. The van der Waals surface area contributed by atoms with Crippen LogP contribution in [0.1, 0.15) is 44.9 Å². The summed E-state index contributed by atoms with van der Waals surface area (Å²) >= 11 is 0. The quantitative estimate of drug-likeness (QED) is 0.902. The van der Waals surface area contributed by atoms with Crippen molar-refractivity contribution in [2.75, 3.05) is 0 Å². The van der Waals surface area contributed by atoms with Crippen molar-refractivity contribution >= 4 is 0 Å². The van der Waals surface area contributed by atoms with E-state index in [1.165, 1.54) is 5.56 Å². The molecule has 3 rings (SSSR count). The van der Waals surface area contributed by atoms with Crippen LogP contribution in [0.5, 0.6) is 5.75 Å². The first-order valence-electron chi connectivity index (χ1n) is 7.60. The Morgan fingerprint density at radius 2 is 1.90 bits per heavy atom. The number of fused-ring (bicyclic) bond motifs is 1. The maximum absolute atomic E-state index is 10.8. The van der Waals surface area contributed by atoms with Crippen molar-refractivity contribution in [2.45, 2.75) is 58.5 Å². The lowest BCUT2D eigenvalue weighted by molar-refractivity contribution is 0.0231. The Balaban J connectivity index is 1.85. The van der Waals surface area contributed by atoms with E-state index >= 15 is 0 Å². The van der Waals surface area contributed by atoms with Crippen molar-refractivity contribution in [2.24, 2.45) is 11.8 Å². The third kappa shape index (κ3) is 2.23. The van der Waals surface area contributed by atoms with E-state index in [1.807, 2.05) is 12.1 Å². The van der Waals surface area contributed by atoms with Crippen LogP contribution < -0.4 is 4.74 Å². The fourth-order valence-electron chi connectivity index (χ4n) is 3.69. The smallest absolute Gasteiger partial charge is 0.123 e. The maximum Gasteiger partial charge on any atom is 0.123 e. The third-order valence-corrected chi connectivity index (χ3v) is 4.95. The Kier molecular flexibility index (Phi) is 3.51. The summed E-state index contributed by atoms with van der Waals surface area (Å²) in [6.45, 7) is 8.39. The molecule has 0 aliphatic carbocycles. The van der Waals surface area contributed by atoms with Gasteiger partial charge in [-0.1, -0.05) is 13.0 Å². The summed E-state index contributed by atoms with van der Waals surface area (Å²) in [7, 11) is 0. The van der Waals surface area contributed by atoms with E-state index in [1.54, 1.807) is 0 Å². The summed E-state index contributed by atoms with van der Waals surface area (Å²) in [4.78, 5) is 0. The van der Waals surface area contributed by atoms with Gasteiger partial charge >= 0.3 is 0 Å². The molecule has 0 bridgehead atoms. The lowest BCUT2D eigenvalue weighted by Gasteiger charge is -2.25. The number of ether oxygens (including phenoxy) is 2. The molecule has 1 aromatic rings. The Hall–Kier alpha value is -1.06. The van der Waals surface area contributed by atoms with Crippen molar-refractivity contribution in [3.05, 3.63) is 29.3 Å². The van der Waals surface area contributed by atoms with Crippen LogP contribution in [0, 0.1) is 11.8 Å². The van der Waals surface area contributed by atoms with Gasteiger partial charge in [0.25, 0.3) is 0 Å². The molecular weight excluding hydrogens is 252 g/mol. The van der Waals surface area contributed by atoms with Crippen molar-refractivity contribution in [1.82, 2.24) is 0 Å². The van der Waals surface area contributed by atoms with Gasteiger partial charge in [0.15, 0.2) is 0 Å². The number of benzene rings is 1. The zero-order valence-corrected chi connectivity index (χ0v) is 12.7. The minimum absolute atomic E-state index is 0.0958. The van der Waals surface area contributed by atoms with Crippen molar-refractivity contribution < 1.29 is 14.6 Å². The number of hydrogen-bond acceptors (Lipinski definition) is 3. The lowest BCUT2D eigenvalue weighted by Crippen LogP contribution is -2.25. The first-order chi connectivity index (χ1) is 9.47. The second-order valence-corrected chi connectivity index (χ2v) is 6.43. The van der Waals surface area contributed by atoms with Crippen LogP contribution in [0.15, 0.2) is 18.2 Å². The molecule has 0 amide bonds. The summed E-state index contributed by atoms with van der Waals surface area (Å²) in [5.74, 6) is 1.48. The largest absolute Gasteiger partial charge is 0.490 e. The molecule has 2 heterocycles. The molecule has 2 aliphatic heterocycles. The van der Waals surface area contributed by atoms with E-state index < -0.39 is 6.10 Å². The Morgan fingerprint density at radius 3 is 2.55 bits per heavy atom. The molecule has 20 heavy (non-hydrogen) atoms. The summed E-state index contributed by atoms with van der Waals surface area (Å²) < 4.78 is 11.6. The molecule has 0 radical (unpaired) electrons. The standard InChI is InChI=1S/C17H24O3/c1-9-7-14-8-13(5-6-15(14)19-9)17(18)16-10(2)11(3)20-12(16)4/h5-6,8-12,16-18H,7H2,1-4H3. The zero-order chi connectivity index (χ0) is 14.4. The van der Waals surface area contributed by atoms with Gasteiger partial charge in [-0.25, -0.2) is 0 Å².